The first kappa shape index (κ1) is 14.2. The third-order valence-corrected chi connectivity index (χ3v) is 4.16. The molecule has 0 saturated carbocycles. The first-order valence-electron chi connectivity index (χ1n) is 7.74. The van der Waals surface area contributed by atoms with Crippen molar-refractivity contribution in [2.45, 2.75) is 5.60 Å². The first-order chi connectivity index (χ1) is 11.4. The fourth-order valence-corrected chi connectivity index (χ4v) is 2.97. The van der Waals surface area contributed by atoms with Crippen molar-refractivity contribution in [3.63, 3.8) is 0 Å². The molecule has 2 heteroatoms. The lowest BCUT2D eigenvalue weighted by atomic mass is 9.87. The van der Waals surface area contributed by atoms with Crippen LogP contribution in [0.5, 0.6) is 0 Å². The van der Waals surface area contributed by atoms with E-state index in [9.17, 15) is 0 Å². The molecule has 1 fully saturated rings. The van der Waals surface area contributed by atoms with Crippen molar-refractivity contribution in [1.82, 2.24) is 0 Å². The van der Waals surface area contributed by atoms with E-state index in [1.54, 1.807) is 0 Å². The number of rotatable bonds is 3. The van der Waals surface area contributed by atoms with Crippen LogP contribution in [0.1, 0.15) is 16.7 Å². The average molecular weight is 301 g/mol. The highest BCUT2D eigenvalue weighted by molar-refractivity contribution is 5.39. The summed E-state index contributed by atoms with van der Waals surface area (Å²) in [4.78, 5) is 0. The topological polar surface area (TPSA) is 18.5 Å². The Morgan fingerprint density at radius 3 is 1.61 bits per heavy atom. The summed E-state index contributed by atoms with van der Waals surface area (Å²) in [7, 11) is 0. The predicted octanol–water partition coefficient (Wildman–Crippen LogP) is 4.51. The van der Waals surface area contributed by atoms with Crippen LogP contribution >= 0.6 is 0 Å². The molecule has 0 amide bonds. The third kappa shape index (κ3) is 2.56. The van der Waals surface area contributed by atoms with Crippen LogP contribution in [-0.4, -0.2) is 6.61 Å². The Balaban J connectivity index is 1.77. The molecule has 0 spiro atoms. The molecule has 1 heterocycles. The predicted molar refractivity (Wildman–Crippen MR) is 89.5 cm³/mol. The Kier molecular flexibility index (Phi) is 3.70. The van der Waals surface area contributed by atoms with Crippen molar-refractivity contribution in [2.75, 3.05) is 6.61 Å². The molecule has 0 aromatic heterocycles. The summed E-state index contributed by atoms with van der Waals surface area (Å²) in [6, 6.07) is 30.5. The molecule has 23 heavy (non-hydrogen) atoms. The Hall–Kier alpha value is -2.42. The SMILES string of the molecule is c1ccc([C]2OCC(c3ccccc3)(c3ccccc3)O2)cc1. The molecular weight excluding hydrogens is 284 g/mol. The van der Waals surface area contributed by atoms with E-state index in [1.165, 1.54) is 0 Å². The molecule has 2 nitrogen and oxygen atoms in total. The lowest BCUT2D eigenvalue weighted by Gasteiger charge is -2.28. The van der Waals surface area contributed by atoms with Crippen molar-refractivity contribution in [3.05, 3.63) is 114 Å². The number of ether oxygens (including phenoxy) is 2. The summed E-state index contributed by atoms with van der Waals surface area (Å²) in [6.45, 7) is 0.464. The van der Waals surface area contributed by atoms with Crippen LogP contribution in [0, 0.1) is 6.29 Å². The maximum Gasteiger partial charge on any atom is 0.257 e. The Morgan fingerprint density at radius 1 is 0.609 bits per heavy atom. The summed E-state index contributed by atoms with van der Waals surface area (Å²) in [5, 5.41) is 0. The minimum atomic E-state index is -0.603. The number of benzene rings is 3. The second-order valence-electron chi connectivity index (χ2n) is 5.60. The highest BCUT2D eigenvalue weighted by Crippen LogP contribution is 2.44. The maximum atomic E-state index is 6.40. The standard InChI is InChI=1S/C21H17O2/c1-4-10-17(11-5-1)20-22-16-21(23-20,18-12-6-2-7-13-18)19-14-8-3-9-15-19/h1-15H,16H2. The molecule has 1 aliphatic rings. The second kappa shape index (κ2) is 5.99. The van der Waals surface area contributed by atoms with E-state index < -0.39 is 5.60 Å². The van der Waals surface area contributed by atoms with E-state index in [-0.39, 0.29) is 0 Å². The van der Waals surface area contributed by atoms with Gasteiger partial charge in [0.05, 0.1) is 6.61 Å². The summed E-state index contributed by atoms with van der Waals surface area (Å²) in [5.41, 5.74) is 2.55. The fraction of sp³-hybridized carbons (Fsp3) is 0.0952. The number of hydrogen-bond acceptors (Lipinski definition) is 2. The second-order valence-corrected chi connectivity index (χ2v) is 5.60. The van der Waals surface area contributed by atoms with Crippen molar-refractivity contribution in [3.8, 4) is 0 Å². The summed E-state index contributed by atoms with van der Waals surface area (Å²) < 4.78 is 12.4. The van der Waals surface area contributed by atoms with Gasteiger partial charge in [0, 0.05) is 5.56 Å². The molecule has 0 unspecified atom stereocenters. The fourth-order valence-electron chi connectivity index (χ4n) is 2.97. The van der Waals surface area contributed by atoms with E-state index >= 15 is 0 Å². The van der Waals surface area contributed by atoms with Gasteiger partial charge in [0.2, 0.25) is 0 Å². The largest absolute Gasteiger partial charge is 0.338 e. The van der Waals surface area contributed by atoms with E-state index in [0.29, 0.717) is 12.9 Å². The van der Waals surface area contributed by atoms with Gasteiger partial charge in [0.15, 0.2) is 0 Å². The van der Waals surface area contributed by atoms with Crippen LogP contribution in [-0.2, 0) is 15.1 Å². The van der Waals surface area contributed by atoms with Crippen LogP contribution in [0.15, 0.2) is 91.0 Å². The third-order valence-electron chi connectivity index (χ3n) is 4.16. The van der Waals surface area contributed by atoms with Crippen LogP contribution < -0.4 is 0 Å². The molecule has 0 atom stereocenters. The van der Waals surface area contributed by atoms with Gasteiger partial charge in [0.25, 0.3) is 6.29 Å². The highest BCUT2D eigenvalue weighted by Gasteiger charge is 2.45. The van der Waals surface area contributed by atoms with E-state index in [1.807, 2.05) is 66.7 Å². The molecule has 113 valence electrons. The maximum absolute atomic E-state index is 6.40. The Morgan fingerprint density at radius 2 is 1.09 bits per heavy atom. The summed E-state index contributed by atoms with van der Waals surface area (Å²) >= 11 is 0. The highest BCUT2D eigenvalue weighted by atomic mass is 16.7. The van der Waals surface area contributed by atoms with E-state index in [0.717, 1.165) is 16.7 Å². The van der Waals surface area contributed by atoms with Crippen LogP contribution in [0.25, 0.3) is 0 Å². The van der Waals surface area contributed by atoms with Gasteiger partial charge in [-0.2, -0.15) is 0 Å². The molecule has 0 bridgehead atoms. The Bertz CT molecular complexity index is 714. The van der Waals surface area contributed by atoms with Gasteiger partial charge in [-0.25, -0.2) is 0 Å². The van der Waals surface area contributed by atoms with Crippen LogP contribution in [0.4, 0.5) is 0 Å². The zero-order valence-electron chi connectivity index (χ0n) is 12.7. The van der Waals surface area contributed by atoms with Crippen molar-refractivity contribution < 1.29 is 9.47 Å². The summed E-state index contributed by atoms with van der Waals surface area (Å²) in [6.07, 6.45) is 0.582. The molecule has 0 N–H and O–H groups in total. The normalized spacial score (nSPS) is 17.2. The minimum absolute atomic E-state index is 0.464. The molecule has 0 aliphatic carbocycles. The van der Waals surface area contributed by atoms with E-state index in [2.05, 4.69) is 24.3 Å². The van der Waals surface area contributed by atoms with Gasteiger partial charge in [0.1, 0.15) is 5.60 Å². The first-order valence-corrected chi connectivity index (χ1v) is 7.74. The van der Waals surface area contributed by atoms with Gasteiger partial charge in [-0.1, -0.05) is 91.0 Å². The average Bonchev–Trinajstić information content (AvgIpc) is 3.11. The van der Waals surface area contributed by atoms with Crippen LogP contribution in [0.2, 0.25) is 0 Å². The minimum Gasteiger partial charge on any atom is -0.338 e. The van der Waals surface area contributed by atoms with Gasteiger partial charge < -0.3 is 9.47 Å². The van der Waals surface area contributed by atoms with Gasteiger partial charge in [-0.05, 0) is 11.1 Å². The van der Waals surface area contributed by atoms with E-state index in [4.69, 9.17) is 9.47 Å². The monoisotopic (exact) mass is 301 g/mol. The lowest BCUT2D eigenvalue weighted by Crippen LogP contribution is -2.30. The molecule has 3 aromatic carbocycles. The van der Waals surface area contributed by atoms with Crippen LogP contribution in [0.3, 0.4) is 0 Å². The molecule has 3 aromatic rings. The zero-order valence-corrected chi connectivity index (χ0v) is 12.7. The smallest absolute Gasteiger partial charge is 0.257 e. The zero-order chi connectivity index (χ0) is 15.5. The molecule has 1 saturated heterocycles. The molecule has 4 rings (SSSR count). The summed E-state index contributed by atoms with van der Waals surface area (Å²) in [5.74, 6) is 0. The lowest BCUT2D eigenvalue weighted by molar-refractivity contribution is 0.0351. The molecule has 1 aliphatic heterocycles. The van der Waals surface area contributed by atoms with Crippen molar-refractivity contribution in [2.24, 2.45) is 0 Å². The Labute approximate surface area is 136 Å². The van der Waals surface area contributed by atoms with Crippen molar-refractivity contribution >= 4 is 0 Å². The molecular formula is C21H17O2. The number of hydrogen-bond donors (Lipinski definition) is 0. The molecule has 1 radical (unpaired) electrons. The van der Waals surface area contributed by atoms with Gasteiger partial charge >= 0.3 is 0 Å². The van der Waals surface area contributed by atoms with Gasteiger partial charge in [-0.15, -0.1) is 0 Å². The van der Waals surface area contributed by atoms with Crippen molar-refractivity contribution in [1.29, 1.82) is 0 Å². The van der Waals surface area contributed by atoms with Gasteiger partial charge in [-0.3, -0.25) is 0 Å². The quantitative estimate of drug-likeness (QED) is 0.708.